The zero-order valence-electron chi connectivity index (χ0n) is 14.9. The third kappa shape index (κ3) is 3.30. The quantitative estimate of drug-likeness (QED) is 0.540. The zero-order valence-corrected chi connectivity index (χ0v) is 16.5. The first-order chi connectivity index (χ1) is 13.0. The second-order valence-corrected chi connectivity index (χ2v) is 7.54. The van der Waals surface area contributed by atoms with Crippen molar-refractivity contribution in [3.05, 3.63) is 82.3 Å². The number of benzene rings is 3. The molecule has 4 rings (SSSR count). The summed E-state index contributed by atoms with van der Waals surface area (Å²) >= 11 is 3.53. The molecular weight excluding hydrogens is 404 g/mol. The predicted molar refractivity (Wildman–Crippen MR) is 113 cm³/mol. The molecule has 0 bridgehead atoms. The molecule has 136 valence electrons. The summed E-state index contributed by atoms with van der Waals surface area (Å²) in [4.78, 5) is 15.7. The van der Waals surface area contributed by atoms with Gasteiger partial charge in [0.05, 0.1) is 17.1 Å². The van der Waals surface area contributed by atoms with Crippen LogP contribution in [0.4, 0.5) is 27.5 Å². The highest BCUT2D eigenvalue weighted by atomic mass is 79.9. The van der Waals surface area contributed by atoms with Crippen LogP contribution >= 0.6 is 15.9 Å². The molecule has 0 atom stereocenters. The van der Waals surface area contributed by atoms with Gasteiger partial charge in [0.15, 0.2) is 0 Å². The van der Waals surface area contributed by atoms with E-state index in [0.717, 1.165) is 34.4 Å². The summed E-state index contributed by atoms with van der Waals surface area (Å²) in [6.45, 7) is 2.80. The minimum atomic E-state index is -0.997. The molecule has 1 heterocycles. The fourth-order valence-corrected chi connectivity index (χ4v) is 4.00. The van der Waals surface area contributed by atoms with E-state index >= 15 is 0 Å². The van der Waals surface area contributed by atoms with Gasteiger partial charge in [0.2, 0.25) is 0 Å². The Balaban J connectivity index is 1.86. The van der Waals surface area contributed by atoms with Gasteiger partial charge in [0, 0.05) is 16.7 Å². The molecule has 27 heavy (non-hydrogen) atoms. The number of para-hydroxylation sites is 1. The molecule has 0 aliphatic carbocycles. The summed E-state index contributed by atoms with van der Waals surface area (Å²) in [6, 6.07) is 21.4. The summed E-state index contributed by atoms with van der Waals surface area (Å²) in [5, 5.41) is 9.97. The first-order valence-electron chi connectivity index (χ1n) is 8.79. The minimum Gasteiger partial charge on any atom is -0.464 e. The van der Waals surface area contributed by atoms with Crippen LogP contribution in [0, 0.1) is 6.92 Å². The first-order valence-corrected chi connectivity index (χ1v) is 9.58. The molecule has 0 radical (unpaired) electrons. The van der Waals surface area contributed by atoms with Crippen molar-refractivity contribution in [3.63, 3.8) is 0 Å². The lowest BCUT2D eigenvalue weighted by Crippen LogP contribution is -2.26. The van der Waals surface area contributed by atoms with Crippen molar-refractivity contribution >= 4 is 44.8 Å². The molecule has 0 unspecified atom stereocenters. The summed E-state index contributed by atoms with van der Waals surface area (Å²) in [5.74, 6) is 0. The third-order valence-electron chi connectivity index (χ3n) is 4.81. The van der Waals surface area contributed by atoms with Gasteiger partial charge in [-0.25, -0.2) is 9.69 Å². The lowest BCUT2D eigenvalue weighted by molar-refractivity contribution is 0.205. The molecule has 0 spiro atoms. The van der Waals surface area contributed by atoms with Crippen LogP contribution < -0.4 is 9.80 Å². The van der Waals surface area contributed by atoms with E-state index in [0.29, 0.717) is 11.4 Å². The normalized spacial score (nSPS) is 12.7. The zero-order chi connectivity index (χ0) is 19.0. The van der Waals surface area contributed by atoms with Gasteiger partial charge < -0.3 is 10.0 Å². The SMILES string of the molecule is Cc1ccc(N2CCc3cc(Br)ccc32)c(N(C(=O)O)c2ccccc2)c1. The van der Waals surface area contributed by atoms with Gasteiger partial charge >= 0.3 is 6.09 Å². The van der Waals surface area contributed by atoms with Crippen LogP contribution in [-0.4, -0.2) is 17.7 Å². The van der Waals surface area contributed by atoms with Crippen molar-refractivity contribution in [3.8, 4) is 0 Å². The fraction of sp³-hybridized carbons (Fsp3) is 0.136. The summed E-state index contributed by atoms with van der Waals surface area (Å²) in [5.41, 5.74) is 5.61. The van der Waals surface area contributed by atoms with Crippen LogP contribution in [0.1, 0.15) is 11.1 Å². The van der Waals surface area contributed by atoms with Crippen LogP contribution in [0.25, 0.3) is 0 Å². The maximum atomic E-state index is 12.2. The molecule has 4 nitrogen and oxygen atoms in total. The van der Waals surface area contributed by atoms with E-state index in [1.54, 1.807) is 0 Å². The van der Waals surface area contributed by atoms with E-state index in [2.05, 4.69) is 33.0 Å². The van der Waals surface area contributed by atoms with E-state index in [1.807, 2.05) is 61.5 Å². The summed E-state index contributed by atoms with van der Waals surface area (Å²) < 4.78 is 1.06. The number of nitrogens with zero attached hydrogens (tertiary/aromatic N) is 2. The second kappa shape index (κ2) is 7.08. The topological polar surface area (TPSA) is 43.8 Å². The molecule has 1 aliphatic rings. The number of rotatable bonds is 3. The van der Waals surface area contributed by atoms with Crippen LogP contribution in [0.2, 0.25) is 0 Å². The van der Waals surface area contributed by atoms with Crippen LogP contribution in [0.3, 0.4) is 0 Å². The van der Waals surface area contributed by atoms with E-state index in [-0.39, 0.29) is 0 Å². The van der Waals surface area contributed by atoms with Crippen molar-refractivity contribution in [2.24, 2.45) is 0 Å². The Hall–Kier alpha value is -2.79. The number of anilines is 4. The van der Waals surface area contributed by atoms with Crippen LogP contribution in [0.5, 0.6) is 0 Å². The smallest absolute Gasteiger partial charge is 0.416 e. The Morgan fingerprint density at radius 2 is 1.78 bits per heavy atom. The number of aryl methyl sites for hydroxylation is 1. The molecule has 5 heteroatoms. The van der Waals surface area contributed by atoms with Crippen molar-refractivity contribution in [1.82, 2.24) is 0 Å². The number of hydrogen-bond acceptors (Lipinski definition) is 2. The first kappa shape index (κ1) is 17.6. The molecule has 3 aromatic rings. The molecule has 0 saturated carbocycles. The number of carbonyl (C=O) groups is 1. The summed E-state index contributed by atoms with van der Waals surface area (Å²) in [7, 11) is 0. The van der Waals surface area contributed by atoms with Crippen molar-refractivity contribution < 1.29 is 9.90 Å². The van der Waals surface area contributed by atoms with Crippen LogP contribution in [0.15, 0.2) is 71.2 Å². The predicted octanol–water partition coefficient (Wildman–Crippen LogP) is 6.27. The highest BCUT2D eigenvalue weighted by molar-refractivity contribution is 9.10. The average molecular weight is 423 g/mol. The average Bonchev–Trinajstić information content (AvgIpc) is 3.05. The molecule has 0 fully saturated rings. The number of halogens is 1. The molecular formula is C22H19BrN2O2. The number of amides is 1. The Kier molecular flexibility index (Phi) is 4.62. The Morgan fingerprint density at radius 3 is 2.52 bits per heavy atom. The van der Waals surface area contributed by atoms with Crippen molar-refractivity contribution in [2.45, 2.75) is 13.3 Å². The Morgan fingerprint density at radius 1 is 1.04 bits per heavy atom. The number of carboxylic acid groups (broad SMARTS) is 1. The van der Waals surface area contributed by atoms with Crippen molar-refractivity contribution in [1.29, 1.82) is 0 Å². The second-order valence-electron chi connectivity index (χ2n) is 6.62. The highest BCUT2D eigenvalue weighted by Gasteiger charge is 2.27. The molecule has 3 aromatic carbocycles. The van der Waals surface area contributed by atoms with Gasteiger partial charge in [0.25, 0.3) is 0 Å². The molecule has 1 N–H and O–H groups in total. The van der Waals surface area contributed by atoms with Gasteiger partial charge in [-0.3, -0.25) is 0 Å². The summed E-state index contributed by atoms with van der Waals surface area (Å²) in [6.07, 6.45) is -0.0659. The lowest BCUT2D eigenvalue weighted by Gasteiger charge is -2.28. The van der Waals surface area contributed by atoms with E-state index < -0.39 is 6.09 Å². The molecule has 0 aromatic heterocycles. The largest absolute Gasteiger partial charge is 0.464 e. The van der Waals surface area contributed by atoms with Gasteiger partial charge in [-0.2, -0.15) is 0 Å². The van der Waals surface area contributed by atoms with Gasteiger partial charge in [-0.15, -0.1) is 0 Å². The molecule has 1 aliphatic heterocycles. The minimum absolute atomic E-state index is 0.632. The molecule has 1 amide bonds. The monoisotopic (exact) mass is 422 g/mol. The Bertz CT molecular complexity index is 1000. The maximum absolute atomic E-state index is 12.2. The number of fused-ring (bicyclic) bond motifs is 1. The highest BCUT2D eigenvalue weighted by Crippen LogP contribution is 2.42. The van der Waals surface area contributed by atoms with Crippen molar-refractivity contribution in [2.75, 3.05) is 16.3 Å². The number of hydrogen-bond donors (Lipinski definition) is 1. The van der Waals surface area contributed by atoms with Gasteiger partial charge in [-0.05, 0) is 66.9 Å². The van der Waals surface area contributed by atoms with E-state index in [9.17, 15) is 9.90 Å². The van der Waals surface area contributed by atoms with E-state index in [4.69, 9.17) is 0 Å². The maximum Gasteiger partial charge on any atom is 0.416 e. The fourth-order valence-electron chi connectivity index (χ4n) is 3.59. The van der Waals surface area contributed by atoms with Gasteiger partial charge in [0.1, 0.15) is 0 Å². The van der Waals surface area contributed by atoms with E-state index in [1.165, 1.54) is 10.5 Å². The Labute approximate surface area is 166 Å². The van der Waals surface area contributed by atoms with Gasteiger partial charge in [-0.1, -0.05) is 40.2 Å². The third-order valence-corrected chi connectivity index (χ3v) is 5.30. The standard InChI is InChI=1S/C22H19BrN2O2/c1-15-7-9-20(24-12-11-16-14-17(23)8-10-19(16)24)21(13-15)25(22(26)27)18-5-3-2-4-6-18/h2-10,13-14H,11-12H2,1H3,(H,26,27). The van der Waals surface area contributed by atoms with Crippen LogP contribution in [-0.2, 0) is 6.42 Å². The lowest BCUT2D eigenvalue weighted by atomic mass is 10.1. The molecule has 0 saturated heterocycles.